The number of hydrogen-bond donors (Lipinski definition) is 1. The Labute approximate surface area is 172 Å². The van der Waals surface area contributed by atoms with Crippen molar-refractivity contribution in [3.63, 3.8) is 0 Å². The van der Waals surface area contributed by atoms with E-state index in [2.05, 4.69) is 68.6 Å². The molecule has 0 bridgehead atoms. The number of thioether (sulfide) groups is 1. The summed E-state index contributed by atoms with van der Waals surface area (Å²) in [6.45, 7) is 6.30. The third-order valence-electron chi connectivity index (χ3n) is 4.88. The molecule has 0 spiro atoms. The zero-order chi connectivity index (χ0) is 19.9. The molecule has 1 amide bonds. The summed E-state index contributed by atoms with van der Waals surface area (Å²) in [6, 6.07) is 24.7. The van der Waals surface area contributed by atoms with E-state index in [9.17, 15) is 4.79 Å². The molecule has 3 heteroatoms. The highest BCUT2D eigenvalue weighted by Gasteiger charge is 2.16. The van der Waals surface area contributed by atoms with Gasteiger partial charge >= 0.3 is 0 Å². The van der Waals surface area contributed by atoms with Gasteiger partial charge in [0.25, 0.3) is 5.91 Å². The molecule has 3 aromatic carbocycles. The Morgan fingerprint density at radius 3 is 2.32 bits per heavy atom. The van der Waals surface area contributed by atoms with Crippen molar-refractivity contribution in [2.45, 2.75) is 43.9 Å². The van der Waals surface area contributed by atoms with Crippen molar-refractivity contribution in [2.24, 2.45) is 0 Å². The molecular formula is C25H27NOS. The number of nitrogens with one attached hydrogen (secondary N) is 1. The molecule has 0 aromatic heterocycles. The zero-order valence-electron chi connectivity index (χ0n) is 16.7. The summed E-state index contributed by atoms with van der Waals surface area (Å²) in [5.74, 6) is 0.876. The molecule has 0 aliphatic heterocycles. The van der Waals surface area contributed by atoms with Crippen molar-refractivity contribution < 1.29 is 4.79 Å². The molecular weight excluding hydrogens is 362 g/mol. The van der Waals surface area contributed by atoms with Crippen LogP contribution in [-0.4, -0.2) is 5.91 Å². The molecule has 1 atom stereocenters. The molecule has 144 valence electrons. The van der Waals surface area contributed by atoms with E-state index in [0.717, 1.165) is 12.2 Å². The van der Waals surface area contributed by atoms with E-state index in [4.69, 9.17) is 0 Å². The highest BCUT2D eigenvalue weighted by atomic mass is 32.2. The van der Waals surface area contributed by atoms with Crippen LogP contribution in [0.3, 0.4) is 0 Å². The van der Waals surface area contributed by atoms with Gasteiger partial charge in [-0.1, -0.05) is 61.0 Å². The predicted octanol–water partition coefficient (Wildman–Crippen LogP) is 6.48. The lowest BCUT2D eigenvalue weighted by molar-refractivity contribution is 0.0935. The van der Waals surface area contributed by atoms with Crippen LogP contribution >= 0.6 is 11.8 Å². The summed E-state index contributed by atoms with van der Waals surface area (Å²) < 4.78 is 0. The number of carbonyl (C=O) groups excluding carboxylic acids is 1. The number of rotatable bonds is 7. The number of hydrogen-bond acceptors (Lipinski definition) is 2. The topological polar surface area (TPSA) is 29.1 Å². The average Bonchev–Trinajstić information content (AvgIpc) is 2.72. The minimum absolute atomic E-state index is 0.0194. The zero-order valence-corrected chi connectivity index (χ0v) is 17.6. The van der Waals surface area contributed by atoms with Gasteiger partial charge in [0.2, 0.25) is 0 Å². The Kier molecular flexibility index (Phi) is 6.94. The van der Waals surface area contributed by atoms with Crippen molar-refractivity contribution in [3.8, 4) is 0 Å². The highest BCUT2D eigenvalue weighted by Crippen LogP contribution is 2.24. The number of benzene rings is 3. The van der Waals surface area contributed by atoms with E-state index in [-0.39, 0.29) is 11.9 Å². The minimum Gasteiger partial charge on any atom is -0.345 e. The van der Waals surface area contributed by atoms with Crippen LogP contribution in [-0.2, 0) is 5.75 Å². The van der Waals surface area contributed by atoms with Crippen LogP contribution in [0.5, 0.6) is 0 Å². The predicted molar refractivity (Wildman–Crippen MR) is 119 cm³/mol. The summed E-state index contributed by atoms with van der Waals surface area (Å²) in [5, 5.41) is 3.19. The molecule has 0 aliphatic rings. The van der Waals surface area contributed by atoms with Gasteiger partial charge in [0.1, 0.15) is 0 Å². The average molecular weight is 390 g/mol. The van der Waals surface area contributed by atoms with Gasteiger partial charge in [-0.2, -0.15) is 0 Å². The van der Waals surface area contributed by atoms with Crippen LogP contribution in [0.25, 0.3) is 0 Å². The van der Waals surface area contributed by atoms with Crippen molar-refractivity contribution in [1.82, 2.24) is 5.32 Å². The standard InChI is InChI=1S/C25H27NOS/c1-4-24(23-15-10-18(2)16-19(23)3)26-25(27)21-13-11-20(12-14-21)17-28-22-8-6-5-7-9-22/h5-16,24H,4,17H2,1-3H3,(H,26,27). The number of amides is 1. The van der Waals surface area contributed by atoms with E-state index in [1.165, 1.54) is 27.1 Å². The Morgan fingerprint density at radius 2 is 1.68 bits per heavy atom. The van der Waals surface area contributed by atoms with Crippen LogP contribution in [0, 0.1) is 13.8 Å². The van der Waals surface area contributed by atoms with Gasteiger partial charge in [-0.05, 0) is 61.2 Å². The second kappa shape index (κ2) is 9.61. The first-order valence-corrected chi connectivity index (χ1v) is 10.7. The fraction of sp³-hybridized carbons (Fsp3) is 0.240. The second-order valence-electron chi connectivity index (χ2n) is 7.09. The fourth-order valence-corrected chi connectivity index (χ4v) is 4.17. The molecule has 0 heterocycles. The third-order valence-corrected chi connectivity index (χ3v) is 5.96. The second-order valence-corrected chi connectivity index (χ2v) is 8.14. The Bertz CT molecular complexity index is 919. The first kappa shape index (κ1) is 20.2. The molecule has 0 aliphatic carbocycles. The maximum atomic E-state index is 12.7. The van der Waals surface area contributed by atoms with E-state index in [1.807, 2.05) is 30.3 Å². The maximum absolute atomic E-state index is 12.7. The van der Waals surface area contributed by atoms with E-state index >= 15 is 0 Å². The lowest BCUT2D eigenvalue weighted by atomic mass is 9.97. The Hall–Kier alpha value is -2.52. The molecule has 1 unspecified atom stereocenters. The minimum atomic E-state index is -0.0194. The lowest BCUT2D eigenvalue weighted by Gasteiger charge is -2.20. The van der Waals surface area contributed by atoms with Crippen molar-refractivity contribution in [2.75, 3.05) is 0 Å². The number of carbonyl (C=O) groups is 1. The van der Waals surface area contributed by atoms with E-state index in [0.29, 0.717) is 5.56 Å². The van der Waals surface area contributed by atoms with Crippen molar-refractivity contribution in [3.05, 3.63) is 101 Å². The smallest absolute Gasteiger partial charge is 0.251 e. The van der Waals surface area contributed by atoms with Crippen LogP contribution in [0.1, 0.15) is 52.0 Å². The maximum Gasteiger partial charge on any atom is 0.251 e. The fourth-order valence-electron chi connectivity index (χ4n) is 3.29. The molecule has 0 saturated carbocycles. The SMILES string of the molecule is CCC(NC(=O)c1ccc(CSc2ccccc2)cc1)c1ccc(C)cc1C. The molecule has 3 aromatic rings. The lowest BCUT2D eigenvalue weighted by Crippen LogP contribution is -2.28. The first-order chi connectivity index (χ1) is 13.6. The first-order valence-electron chi connectivity index (χ1n) is 9.71. The quantitative estimate of drug-likeness (QED) is 0.469. The third kappa shape index (κ3) is 5.26. The summed E-state index contributed by atoms with van der Waals surface area (Å²) in [7, 11) is 0. The van der Waals surface area contributed by atoms with Gasteiger partial charge in [0, 0.05) is 16.2 Å². The van der Waals surface area contributed by atoms with Gasteiger partial charge in [-0.25, -0.2) is 0 Å². The van der Waals surface area contributed by atoms with Gasteiger partial charge in [0.05, 0.1) is 6.04 Å². The summed E-state index contributed by atoms with van der Waals surface area (Å²) in [5.41, 5.74) is 5.58. The van der Waals surface area contributed by atoms with Gasteiger partial charge in [-0.3, -0.25) is 4.79 Å². The van der Waals surface area contributed by atoms with Gasteiger partial charge < -0.3 is 5.32 Å². The number of aryl methyl sites for hydroxylation is 2. The molecule has 0 radical (unpaired) electrons. The van der Waals surface area contributed by atoms with Crippen LogP contribution < -0.4 is 5.32 Å². The van der Waals surface area contributed by atoms with Crippen LogP contribution in [0.15, 0.2) is 77.7 Å². The Balaban J connectivity index is 1.63. The highest BCUT2D eigenvalue weighted by molar-refractivity contribution is 7.98. The van der Waals surface area contributed by atoms with Crippen LogP contribution in [0.2, 0.25) is 0 Å². The molecule has 0 saturated heterocycles. The van der Waals surface area contributed by atoms with Gasteiger partial charge in [0.15, 0.2) is 0 Å². The van der Waals surface area contributed by atoms with Gasteiger partial charge in [-0.15, -0.1) is 11.8 Å². The van der Waals surface area contributed by atoms with E-state index < -0.39 is 0 Å². The Morgan fingerprint density at radius 1 is 0.964 bits per heavy atom. The summed E-state index contributed by atoms with van der Waals surface area (Å²) in [6.07, 6.45) is 0.863. The van der Waals surface area contributed by atoms with Crippen molar-refractivity contribution in [1.29, 1.82) is 0 Å². The molecule has 28 heavy (non-hydrogen) atoms. The molecule has 2 nitrogen and oxygen atoms in total. The summed E-state index contributed by atoms with van der Waals surface area (Å²) >= 11 is 1.80. The van der Waals surface area contributed by atoms with Crippen LogP contribution in [0.4, 0.5) is 0 Å². The van der Waals surface area contributed by atoms with E-state index in [1.54, 1.807) is 11.8 Å². The van der Waals surface area contributed by atoms with Crippen molar-refractivity contribution >= 4 is 17.7 Å². The molecule has 0 fully saturated rings. The summed E-state index contributed by atoms with van der Waals surface area (Å²) in [4.78, 5) is 14.0. The molecule has 1 N–H and O–H groups in total. The molecule has 3 rings (SSSR count). The largest absolute Gasteiger partial charge is 0.345 e. The normalized spacial score (nSPS) is 11.8. The monoisotopic (exact) mass is 389 g/mol.